The number of benzene rings is 2. The van der Waals surface area contributed by atoms with Crippen LogP contribution < -0.4 is 15.5 Å². The standard InChI is InChI=1S/C27H32ClF3N6O/c28-23-6-7-24(25(18-23)37-16-14-35(15-17-37)12-8-27(29,30)31)34-26(38)22-4-2-21(3-5-22)19-32-9-1-11-36-13-10-33-20-36/h2-7,10,13,18,20,32H,1,8-9,11-12,14-17,19H2,(H,34,38). The Morgan fingerprint density at radius 2 is 1.79 bits per heavy atom. The Hall–Kier alpha value is -3.08. The summed E-state index contributed by atoms with van der Waals surface area (Å²) in [5, 5.41) is 6.91. The minimum Gasteiger partial charge on any atom is -0.367 e. The Labute approximate surface area is 225 Å². The summed E-state index contributed by atoms with van der Waals surface area (Å²) in [5.41, 5.74) is 3.00. The number of aromatic nitrogens is 2. The second-order valence-electron chi connectivity index (χ2n) is 9.34. The number of alkyl halides is 3. The van der Waals surface area contributed by atoms with Gasteiger partial charge in [-0.1, -0.05) is 23.7 Å². The number of amides is 1. The van der Waals surface area contributed by atoms with E-state index in [0.717, 1.165) is 30.8 Å². The van der Waals surface area contributed by atoms with Gasteiger partial charge in [-0.25, -0.2) is 4.98 Å². The van der Waals surface area contributed by atoms with Gasteiger partial charge in [-0.05, 0) is 48.9 Å². The number of nitrogens with one attached hydrogen (secondary N) is 2. The summed E-state index contributed by atoms with van der Waals surface area (Å²) in [5.74, 6) is -0.239. The summed E-state index contributed by atoms with van der Waals surface area (Å²) < 4.78 is 39.7. The average molecular weight is 549 g/mol. The van der Waals surface area contributed by atoms with Crippen LogP contribution in [0.2, 0.25) is 5.02 Å². The molecule has 0 bridgehead atoms. The highest BCUT2D eigenvalue weighted by Gasteiger charge is 2.29. The Balaban J connectivity index is 1.28. The molecule has 1 aliphatic heterocycles. The summed E-state index contributed by atoms with van der Waals surface area (Å²) in [6.45, 7) is 4.60. The fourth-order valence-electron chi connectivity index (χ4n) is 4.38. The molecule has 0 aliphatic carbocycles. The lowest BCUT2D eigenvalue weighted by Gasteiger charge is -2.37. The van der Waals surface area contributed by atoms with Gasteiger partial charge in [-0.15, -0.1) is 0 Å². The first-order valence-corrected chi connectivity index (χ1v) is 13.0. The van der Waals surface area contributed by atoms with Gasteiger partial charge in [-0.2, -0.15) is 13.2 Å². The van der Waals surface area contributed by atoms with Gasteiger partial charge in [0.2, 0.25) is 0 Å². The normalized spacial score (nSPS) is 14.6. The third-order valence-electron chi connectivity index (χ3n) is 6.51. The first-order valence-electron chi connectivity index (χ1n) is 12.7. The predicted octanol–water partition coefficient (Wildman–Crippen LogP) is 5.04. The highest BCUT2D eigenvalue weighted by atomic mass is 35.5. The maximum absolute atomic E-state index is 13.0. The van der Waals surface area contributed by atoms with Crippen LogP contribution in [0.1, 0.15) is 28.8 Å². The molecule has 0 spiro atoms. The quantitative estimate of drug-likeness (QED) is 0.329. The van der Waals surface area contributed by atoms with Gasteiger partial charge in [-0.3, -0.25) is 9.69 Å². The van der Waals surface area contributed by atoms with Gasteiger partial charge < -0.3 is 20.1 Å². The first kappa shape index (κ1) is 27.9. The first-order chi connectivity index (χ1) is 18.3. The number of hydrogen-bond donors (Lipinski definition) is 2. The van der Waals surface area contributed by atoms with Crippen LogP contribution in [0.4, 0.5) is 24.5 Å². The van der Waals surface area contributed by atoms with Gasteiger partial charge in [0.25, 0.3) is 5.91 Å². The molecule has 11 heteroatoms. The van der Waals surface area contributed by atoms with Crippen LogP contribution in [0.3, 0.4) is 0 Å². The summed E-state index contributed by atoms with van der Waals surface area (Å²) in [7, 11) is 0. The topological polar surface area (TPSA) is 65.4 Å². The smallest absolute Gasteiger partial charge is 0.367 e. The van der Waals surface area contributed by atoms with E-state index in [2.05, 4.69) is 15.6 Å². The maximum Gasteiger partial charge on any atom is 0.390 e. The summed E-state index contributed by atoms with van der Waals surface area (Å²) in [6, 6.07) is 12.7. The largest absolute Gasteiger partial charge is 0.390 e. The molecule has 1 aliphatic rings. The zero-order valence-electron chi connectivity index (χ0n) is 21.1. The monoisotopic (exact) mass is 548 g/mol. The number of carbonyl (C=O) groups is 1. The number of anilines is 2. The zero-order valence-corrected chi connectivity index (χ0v) is 21.8. The fraction of sp³-hybridized carbons (Fsp3) is 0.407. The summed E-state index contributed by atoms with van der Waals surface area (Å²) in [4.78, 5) is 20.9. The van der Waals surface area contributed by atoms with Gasteiger partial charge in [0, 0.05) is 68.8 Å². The van der Waals surface area contributed by atoms with Crippen molar-refractivity contribution in [3.63, 3.8) is 0 Å². The molecule has 7 nitrogen and oxygen atoms in total. The number of hydrogen-bond acceptors (Lipinski definition) is 5. The van der Waals surface area contributed by atoms with Crippen molar-refractivity contribution in [1.82, 2.24) is 19.8 Å². The van der Waals surface area contributed by atoms with Gasteiger partial charge in [0.1, 0.15) is 0 Å². The number of piperazine rings is 1. The van der Waals surface area contributed by atoms with Crippen LogP contribution in [0, 0.1) is 0 Å². The van der Waals surface area contributed by atoms with Crippen molar-refractivity contribution in [3.05, 3.63) is 77.3 Å². The number of carbonyl (C=O) groups excluding carboxylic acids is 1. The molecule has 3 aromatic rings. The third kappa shape index (κ3) is 8.47. The van der Waals surface area contributed by atoms with Crippen molar-refractivity contribution >= 4 is 28.9 Å². The van der Waals surface area contributed by atoms with E-state index in [9.17, 15) is 18.0 Å². The molecule has 1 fully saturated rings. The highest BCUT2D eigenvalue weighted by molar-refractivity contribution is 6.31. The molecule has 204 valence electrons. The number of nitrogens with zero attached hydrogens (tertiary/aromatic N) is 4. The second-order valence-corrected chi connectivity index (χ2v) is 9.77. The van der Waals surface area contributed by atoms with Crippen LogP contribution in [0.15, 0.2) is 61.2 Å². The molecular formula is C27H32ClF3N6O. The third-order valence-corrected chi connectivity index (χ3v) is 6.74. The average Bonchev–Trinajstić information content (AvgIpc) is 3.42. The van der Waals surface area contributed by atoms with Crippen molar-refractivity contribution in [2.45, 2.75) is 32.1 Å². The van der Waals surface area contributed by atoms with Crippen LogP contribution in [-0.2, 0) is 13.1 Å². The van der Waals surface area contributed by atoms with E-state index in [-0.39, 0.29) is 12.5 Å². The van der Waals surface area contributed by atoms with E-state index < -0.39 is 12.6 Å². The Morgan fingerprint density at radius 1 is 1.03 bits per heavy atom. The number of imidazole rings is 1. The Bertz CT molecular complexity index is 1160. The van der Waals surface area contributed by atoms with Crippen molar-refractivity contribution in [2.75, 3.05) is 49.5 Å². The molecule has 2 N–H and O–H groups in total. The van der Waals surface area contributed by atoms with Gasteiger partial charge >= 0.3 is 6.18 Å². The molecular weight excluding hydrogens is 517 g/mol. The van der Waals surface area contributed by atoms with Crippen LogP contribution >= 0.6 is 11.6 Å². The number of aryl methyl sites for hydroxylation is 1. The van der Waals surface area contributed by atoms with E-state index in [1.165, 1.54) is 0 Å². The van der Waals surface area contributed by atoms with Gasteiger partial charge in [0.15, 0.2) is 0 Å². The second kappa shape index (κ2) is 13.1. The molecule has 38 heavy (non-hydrogen) atoms. The van der Waals surface area contributed by atoms with E-state index in [1.807, 2.05) is 32.7 Å². The van der Waals surface area contributed by atoms with E-state index in [0.29, 0.717) is 49.0 Å². The molecule has 2 heterocycles. The molecule has 0 atom stereocenters. The number of halogens is 4. The molecule has 1 saturated heterocycles. The Kier molecular flexibility index (Phi) is 9.65. The molecule has 4 rings (SSSR count). The van der Waals surface area contributed by atoms with E-state index >= 15 is 0 Å². The lowest BCUT2D eigenvalue weighted by atomic mass is 10.1. The molecule has 0 saturated carbocycles. The zero-order chi connectivity index (χ0) is 27.0. The van der Waals surface area contributed by atoms with Gasteiger partial charge in [0.05, 0.1) is 24.1 Å². The highest BCUT2D eigenvalue weighted by Crippen LogP contribution is 2.31. The predicted molar refractivity (Wildman–Crippen MR) is 144 cm³/mol. The molecule has 1 amide bonds. The van der Waals surface area contributed by atoms with Crippen LogP contribution in [0.25, 0.3) is 0 Å². The van der Waals surface area contributed by atoms with Crippen LogP contribution in [-0.4, -0.2) is 65.8 Å². The molecule has 1 aromatic heterocycles. The SMILES string of the molecule is O=C(Nc1ccc(Cl)cc1N1CCN(CCC(F)(F)F)CC1)c1ccc(CNCCCn2ccnc2)cc1. The van der Waals surface area contributed by atoms with Crippen molar-refractivity contribution in [2.24, 2.45) is 0 Å². The summed E-state index contributed by atoms with van der Waals surface area (Å²) in [6.07, 6.45) is 1.54. The minimum atomic E-state index is -4.16. The fourth-order valence-corrected chi connectivity index (χ4v) is 4.54. The maximum atomic E-state index is 13.0. The van der Waals surface area contributed by atoms with Crippen LogP contribution in [0.5, 0.6) is 0 Å². The van der Waals surface area contributed by atoms with Crippen molar-refractivity contribution in [3.8, 4) is 0 Å². The lowest BCUT2D eigenvalue weighted by molar-refractivity contribution is -0.138. The minimum absolute atomic E-state index is 0.00644. The van der Waals surface area contributed by atoms with E-state index in [1.54, 1.807) is 42.9 Å². The summed E-state index contributed by atoms with van der Waals surface area (Å²) >= 11 is 6.24. The molecule has 2 aromatic carbocycles. The van der Waals surface area contributed by atoms with E-state index in [4.69, 9.17) is 11.6 Å². The molecule has 0 unspecified atom stereocenters. The lowest BCUT2D eigenvalue weighted by Crippen LogP contribution is -2.47. The molecule has 0 radical (unpaired) electrons. The van der Waals surface area contributed by atoms with Crippen molar-refractivity contribution < 1.29 is 18.0 Å². The Morgan fingerprint density at radius 3 is 2.47 bits per heavy atom. The number of rotatable bonds is 11. The van der Waals surface area contributed by atoms with Crippen molar-refractivity contribution in [1.29, 1.82) is 0 Å².